The number of amides is 1. The Kier molecular flexibility index (Phi) is 11.4. The predicted octanol–water partition coefficient (Wildman–Crippen LogP) is 5.36. The van der Waals surface area contributed by atoms with E-state index in [1.54, 1.807) is 11.8 Å². The molecule has 3 atom stereocenters. The number of hydrogen-bond donors (Lipinski definition) is 2. The van der Waals surface area contributed by atoms with Crippen LogP contribution in [-0.2, 0) is 14.3 Å². The highest BCUT2D eigenvalue weighted by Gasteiger charge is 2.41. The lowest BCUT2D eigenvalue weighted by molar-refractivity contribution is -0.147. The second-order valence-corrected chi connectivity index (χ2v) is 11.0. The van der Waals surface area contributed by atoms with Crippen LogP contribution in [0.4, 0.5) is 4.79 Å². The van der Waals surface area contributed by atoms with Gasteiger partial charge in [0.2, 0.25) is 0 Å². The van der Waals surface area contributed by atoms with Crippen LogP contribution in [0.2, 0.25) is 0 Å². The van der Waals surface area contributed by atoms with Gasteiger partial charge in [-0.1, -0.05) is 38.5 Å². The van der Waals surface area contributed by atoms with E-state index in [0.29, 0.717) is 6.54 Å². The van der Waals surface area contributed by atoms with Crippen molar-refractivity contribution in [1.82, 2.24) is 10.2 Å². The van der Waals surface area contributed by atoms with Gasteiger partial charge in [-0.05, 0) is 66.2 Å². The zero-order valence-corrected chi connectivity index (χ0v) is 21.6. The van der Waals surface area contributed by atoms with Crippen molar-refractivity contribution < 1.29 is 24.2 Å². The van der Waals surface area contributed by atoms with E-state index in [9.17, 15) is 9.59 Å². The van der Waals surface area contributed by atoms with Crippen LogP contribution in [0.5, 0.6) is 0 Å². The third-order valence-electron chi connectivity index (χ3n) is 7.14. The Balaban J connectivity index is 0.000000254. The molecule has 33 heavy (non-hydrogen) atoms. The molecule has 2 aliphatic carbocycles. The molecule has 7 heteroatoms. The minimum atomic E-state index is -0.923. The minimum absolute atomic E-state index is 0.249. The zero-order chi connectivity index (χ0) is 24.4. The SMILES string of the molecule is C1CCC(NC2CCCCC2)CC1.COC(C(C)C(=O)O)C1CCCN1C(=O)OC(C)(C)C. The van der Waals surface area contributed by atoms with E-state index in [-0.39, 0.29) is 6.04 Å². The van der Waals surface area contributed by atoms with E-state index in [1.165, 1.54) is 71.3 Å². The monoisotopic (exact) mass is 468 g/mol. The minimum Gasteiger partial charge on any atom is -0.481 e. The van der Waals surface area contributed by atoms with Crippen molar-refractivity contribution in [3.05, 3.63) is 0 Å². The summed E-state index contributed by atoms with van der Waals surface area (Å²) in [6.45, 7) is 7.60. The maximum atomic E-state index is 12.2. The van der Waals surface area contributed by atoms with Gasteiger partial charge in [0.25, 0.3) is 0 Å². The van der Waals surface area contributed by atoms with Crippen LogP contribution in [0.25, 0.3) is 0 Å². The number of ether oxygens (including phenoxy) is 2. The van der Waals surface area contributed by atoms with E-state index in [2.05, 4.69) is 5.32 Å². The van der Waals surface area contributed by atoms with Gasteiger partial charge in [0, 0.05) is 25.7 Å². The first-order valence-electron chi connectivity index (χ1n) is 13.1. The summed E-state index contributed by atoms with van der Waals surface area (Å²) in [4.78, 5) is 24.9. The number of rotatable bonds is 6. The second-order valence-electron chi connectivity index (χ2n) is 11.0. The van der Waals surface area contributed by atoms with Gasteiger partial charge in [-0.2, -0.15) is 0 Å². The third kappa shape index (κ3) is 9.44. The average molecular weight is 469 g/mol. The number of carbonyl (C=O) groups is 2. The number of carboxylic acids is 1. The van der Waals surface area contributed by atoms with Gasteiger partial charge in [-0.15, -0.1) is 0 Å². The van der Waals surface area contributed by atoms with Crippen LogP contribution in [-0.4, -0.2) is 65.6 Å². The summed E-state index contributed by atoms with van der Waals surface area (Å²) in [5, 5.41) is 13.0. The van der Waals surface area contributed by atoms with E-state index in [0.717, 1.165) is 24.9 Å². The Morgan fingerprint density at radius 2 is 1.42 bits per heavy atom. The van der Waals surface area contributed by atoms with Crippen molar-refractivity contribution >= 4 is 12.1 Å². The van der Waals surface area contributed by atoms with Crippen LogP contribution in [0.1, 0.15) is 105 Å². The number of methoxy groups -OCH3 is 1. The molecule has 2 saturated carbocycles. The van der Waals surface area contributed by atoms with Gasteiger partial charge in [-0.3, -0.25) is 4.79 Å². The van der Waals surface area contributed by atoms with Crippen molar-refractivity contribution in [2.24, 2.45) is 5.92 Å². The number of hydrogen-bond acceptors (Lipinski definition) is 5. The molecule has 0 aromatic rings. The van der Waals surface area contributed by atoms with Gasteiger partial charge in [0.1, 0.15) is 5.60 Å². The highest BCUT2D eigenvalue weighted by molar-refractivity contribution is 5.71. The lowest BCUT2D eigenvalue weighted by Gasteiger charge is -2.34. The number of carbonyl (C=O) groups excluding carboxylic acids is 1. The summed E-state index contributed by atoms with van der Waals surface area (Å²) in [6, 6.07) is 1.50. The fraction of sp³-hybridized carbons (Fsp3) is 0.923. The van der Waals surface area contributed by atoms with E-state index >= 15 is 0 Å². The highest BCUT2D eigenvalue weighted by Crippen LogP contribution is 2.28. The van der Waals surface area contributed by atoms with Crippen LogP contribution in [0.3, 0.4) is 0 Å². The normalized spacial score (nSPS) is 24.5. The fourth-order valence-corrected chi connectivity index (χ4v) is 5.39. The Bertz CT molecular complexity index is 578. The Hall–Kier alpha value is -1.34. The quantitative estimate of drug-likeness (QED) is 0.545. The summed E-state index contributed by atoms with van der Waals surface area (Å²) in [5.41, 5.74) is -0.564. The Morgan fingerprint density at radius 3 is 1.85 bits per heavy atom. The second kappa shape index (κ2) is 13.5. The molecule has 3 aliphatic rings. The van der Waals surface area contributed by atoms with Crippen LogP contribution in [0, 0.1) is 5.92 Å². The van der Waals surface area contributed by atoms with Crippen molar-refractivity contribution in [2.75, 3.05) is 13.7 Å². The molecule has 3 rings (SSSR count). The number of carboxylic acid groups (broad SMARTS) is 1. The first-order valence-corrected chi connectivity index (χ1v) is 13.1. The molecular weight excluding hydrogens is 420 g/mol. The maximum absolute atomic E-state index is 12.2. The molecule has 1 saturated heterocycles. The van der Waals surface area contributed by atoms with Crippen molar-refractivity contribution in [3.8, 4) is 0 Å². The largest absolute Gasteiger partial charge is 0.481 e. The molecule has 3 fully saturated rings. The lowest BCUT2D eigenvalue weighted by atomic mass is 9.91. The molecule has 0 aromatic carbocycles. The van der Waals surface area contributed by atoms with Gasteiger partial charge in [0.15, 0.2) is 0 Å². The van der Waals surface area contributed by atoms with Crippen molar-refractivity contribution in [2.45, 2.75) is 135 Å². The number of nitrogens with one attached hydrogen (secondary N) is 1. The zero-order valence-electron chi connectivity index (χ0n) is 21.6. The molecule has 3 unspecified atom stereocenters. The Morgan fingerprint density at radius 1 is 0.909 bits per heavy atom. The molecule has 0 aromatic heterocycles. The predicted molar refractivity (Wildman–Crippen MR) is 130 cm³/mol. The van der Waals surface area contributed by atoms with Crippen LogP contribution >= 0.6 is 0 Å². The number of aliphatic carboxylic acids is 1. The molecule has 0 spiro atoms. The smallest absolute Gasteiger partial charge is 0.410 e. The molecule has 0 radical (unpaired) electrons. The van der Waals surface area contributed by atoms with E-state index in [4.69, 9.17) is 14.6 Å². The molecular formula is C26H48N2O5. The third-order valence-corrected chi connectivity index (χ3v) is 7.14. The van der Waals surface area contributed by atoms with Gasteiger partial charge < -0.3 is 24.8 Å². The molecule has 1 amide bonds. The van der Waals surface area contributed by atoms with Crippen LogP contribution < -0.4 is 5.32 Å². The van der Waals surface area contributed by atoms with E-state index < -0.39 is 29.7 Å². The molecule has 0 bridgehead atoms. The summed E-state index contributed by atoms with van der Waals surface area (Å²) in [6.07, 6.45) is 15.2. The number of likely N-dealkylation sites (tertiary alicyclic amines) is 1. The summed E-state index contributed by atoms with van der Waals surface area (Å²) >= 11 is 0. The van der Waals surface area contributed by atoms with E-state index in [1.807, 2.05) is 20.8 Å². The van der Waals surface area contributed by atoms with Crippen molar-refractivity contribution in [3.63, 3.8) is 0 Å². The van der Waals surface area contributed by atoms with Gasteiger partial charge in [0.05, 0.1) is 18.1 Å². The standard InChI is InChI=1S/C14H25NO5.C12H23N/c1-9(12(16)17)11(19-5)10-7-6-8-15(10)13(18)20-14(2,3)4;1-3-7-11(8-4-1)13-12-9-5-2-6-10-12/h9-11H,6-8H2,1-5H3,(H,16,17);11-13H,1-10H2. The lowest BCUT2D eigenvalue weighted by Crippen LogP contribution is -2.49. The fourth-order valence-electron chi connectivity index (χ4n) is 5.39. The van der Waals surface area contributed by atoms with Crippen LogP contribution in [0.15, 0.2) is 0 Å². The summed E-state index contributed by atoms with van der Waals surface area (Å²) < 4.78 is 10.7. The molecule has 2 N–H and O–H groups in total. The maximum Gasteiger partial charge on any atom is 0.410 e. The molecule has 192 valence electrons. The van der Waals surface area contributed by atoms with Crippen molar-refractivity contribution in [1.29, 1.82) is 0 Å². The summed E-state index contributed by atoms with van der Waals surface area (Å²) in [7, 11) is 1.48. The van der Waals surface area contributed by atoms with Gasteiger partial charge in [-0.25, -0.2) is 4.79 Å². The molecule has 7 nitrogen and oxygen atoms in total. The highest BCUT2D eigenvalue weighted by atomic mass is 16.6. The number of nitrogens with zero attached hydrogens (tertiary/aromatic N) is 1. The Labute approximate surface area is 201 Å². The molecule has 1 aliphatic heterocycles. The first kappa shape index (κ1) is 27.9. The molecule has 1 heterocycles. The topological polar surface area (TPSA) is 88.1 Å². The average Bonchev–Trinajstić information content (AvgIpc) is 3.25. The van der Waals surface area contributed by atoms with Gasteiger partial charge >= 0.3 is 12.1 Å². The summed E-state index contributed by atoms with van der Waals surface area (Å²) in [5.74, 6) is -1.60. The first-order chi connectivity index (χ1) is 15.6.